The molecule has 4 aromatic rings. The fourth-order valence-electron chi connectivity index (χ4n) is 4.63. The number of nitrogens with one attached hydrogen (secondary N) is 1. The predicted octanol–water partition coefficient (Wildman–Crippen LogP) is 5.44. The number of aromatic nitrogens is 2. The summed E-state index contributed by atoms with van der Waals surface area (Å²) in [6.07, 6.45) is 0.788. The summed E-state index contributed by atoms with van der Waals surface area (Å²) < 4.78 is 13.4. The van der Waals surface area contributed by atoms with Gasteiger partial charge in [-0.2, -0.15) is 5.26 Å². The average molecular weight is 481 g/mol. The number of nitrogens with zero attached hydrogens (tertiary/aromatic N) is 5. The number of benzene rings is 3. The molecular formula is C28H25FN6O. The van der Waals surface area contributed by atoms with Gasteiger partial charge in [-0.3, -0.25) is 0 Å². The number of rotatable bonds is 4. The van der Waals surface area contributed by atoms with E-state index in [4.69, 9.17) is 5.26 Å². The van der Waals surface area contributed by atoms with Crippen LogP contribution >= 0.6 is 0 Å². The first-order chi connectivity index (χ1) is 17.6. The highest BCUT2D eigenvalue weighted by Gasteiger charge is 2.31. The Morgan fingerprint density at radius 1 is 1.03 bits per heavy atom. The molecule has 1 aromatic heterocycles. The van der Waals surface area contributed by atoms with Crippen LogP contribution in [0.1, 0.15) is 18.9 Å². The molecule has 1 N–H and O–H groups in total. The van der Waals surface area contributed by atoms with Crippen LogP contribution < -0.4 is 10.2 Å². The minimum absolute atomic E-state index is 0.00512. The molecule has 0 aliphatic carbocycles. The molecule has 0 unspecified atom stereocenters. The van der Waals surface area contributed by atoms with Crippen molar-refractivity contribution in [2.45, 2.75) is 19.4 Å². The smallest absolute Gasteiger partial charge is 0.322 e. The molecule has 0 spiro atoms. The van der Waals surface area contributed by atoms with Gasteiger partial charge in [0.1, 0.15) is 11.5 Å². The molecule has 0 bridgehead atoms. The quantitative estimate of drug-likeness (QED) is 0.420. The maximum absolute atomic E-state index is 13.4. The van der Waals surface area contributed by atoms with Gasteiger partial charge in [-0.1, -0.05) is 31.2 Å². The molecule has 1 aliphatic rings. The van der Waals surface area contributed by atoms with E-state index in [1.165, 1.54) is 12.1 Å². The summed E-state index contributed by atoms with van der Waals surface area (Å²) in [6, 6.07) is 23.0. The zero-order chi connectivity index (χ0) is 25.1. The van der Waals surface area contributed by atoms with Crippen LogP contribution in [0.3, 0.4) is 0 Å². The number of hydrogen-bond acceptors (Lipinski definition) is 5. The molecule has 8 heteroatoms. The van der Waals surface area contributed by atoms with Crippen LogP contribution in [0.25, 0.3) is 22.0 Å². The number of anilines is 2. The summed E-state index contributed by atoms with van der Waals surface area (Å²) in [5, 5.41) is 23.0. The van der Waals surface area contributed by atoms with E-state index in [1.54, 1.807) is 36.4 Å². The van der Waals surface area contributed by atoms with Crippen molar-refractivity contribution in [3.8, 4) is 17.3 Å². The van der Waals surface area contributed by atoms with E-state index < -0.39 is 0 Å². The third-order valence-corrected chi connectivity index (χ3v) is 6.57. The highest BCUT2D eigenvalue weighted by molar-refractivity contribution is 6.00. The number of carbonyl (C=O) groups excluding carboxylic acids is 1. The van der Waals surface area contributed by atoms with E-state index >= 15 is 0 Å². The molecule has 2 amide bonds. The Labute approximate surface area is 208 Å². The number of hydrogen-bond donors (Lipinski definition) is 1. The molecule has 7 nitrogen and oxygen atoms in total. The number of nitriles is 1. The number of carbonyl (C=O) groups is 1. The summed E-state index contributed by atoms with van der Waals surface area (Å²) in [6.45, 7) is 3.85. The minimum atomic E-state index is -0.292. The maximum Gasteiger partial charge on any atom is 0.322 e. The normalized spacial score (nSPS) is 15.5. The second-order valence-corrected chi connectivity index (χ2v) is 8.75. The summed E-state index contributed by atoms with van der Waals surface area (Å²) in [5.41, 5.74) is 2.72. The average Bonchev–Trinajstić information content (AvgIpc) is 2.93. The van der Waals surface area contributed by atoms with Crippen LogP contribution in [0.5, 0.6) is 0 Å². The molecule has 1 saturated heterocycles. The molecule has 3 aromatic carbocycles. The van der Waals surface area contributed by atoms with E-state index in [-0.39, 0.29) is 17.9 Å². The zero-order valence-corrected chi connectivity index (χ0v) is 19.9. The van der Waals surface area contributed by atoms with Crippen LogP contribution in [-0.2, 0) is 0 Å². The first-order valence-electron chi connectivity index (χ1n) is 11.9. The molecule has 1 atom stereocenters. The van der Waals surface area contributed by atoms with Crippen LogP contribution in [0.4, 0.5) is 20.7 Å². The zero-order valence-electron chi connectivity index (χ0n) is 19.9. The van der Waals surface area contributed by atoms with Crippen molar-refractivity contribution >= 4 is 28.3 Å². The van der Waals surface area contributed by atoms with Gasteiger partial charge in [0.25, 0.3) is 0 Å². The fraction of sp³-hybridized carbons (Fsp3) is 0.214. The predicted molar refractivity (Wildman–Crippen MR) is 138 cm³/mol. The van der Waals surface area contributed by atoms with Gasteiger partial charge in [0.2, 0.25) is 0 Å². The van der Waals surface area contributed by atoms with E-state index in [9.17, 15) is 9.18 Å². The van der Waals surface area contributed by atoms with Crippen LogP contribution in [-0.4, -0.2) is 46.8 Å². The second kappa shape index (κ2) is 10.0. The van der Waals surface area contributed by atoms with Gasteiger partial charge in [-0.25, -0.2) is 9.18 Å². The number of piperazine rings is 1. The first kappa shape index (κ1) is 23.2. The summed E-state index contributed by atoms with van der Waals surface area (Å²) >= 11 is 0. The van der Waals surface area contributed by atoms with Crippen molar-refractivity contribution in [2.75, 3.05) is 29.9 Å². The van der Waals surface area contributed by atoms with Gasteiger partial charge in [0.05, 0.1) is 17.7 Å². The molecule has 0 saturated carbocycles. The van der Waals surface area contributed by atoms with E-state index in [0.717, 1.165) is 28.6 Å². The number of amides is 2. The van der Waals surface area contributed by atoms with Crippen LogP contribution in [0.2, 0.25) is 0 Å². The van der Waals surface area contributed by atoms with Crippen LogP contribution in [0, 0.1) is 17.1 Å². The van der Waals surface area contributed by atoms with E-state index in [2.05, 4.69) is 33.4 Å². The first-order valence-corrected chi connectivity index (χ1v) is 11.9. The lowest BCUT2D eigenvalue weighted by molar-refractivity contribution is 0.176. The Hall–Kier alpha value is -4.51. The van der Waals surface area contributed by atoms with Gasteiger partial charge in [0, 0.05) is 41.7 Å². The number of fused-ring (bicyclic) bond motifs is 1. The molecule has 1 aliphatic heterocycles. The highest BCUT2D eigenvalue weighted by Crippen LogP contribution is 2.32. The molecule has 180 valence electrons. The molecule has 1 fully saturated rings. The third-order valence-electron chi connectivity index (χ3n) is 6.57. The second-order valence-electron chi connectivity index (χ2n) is 8.75. The molecule has 36 heavy (non-hydrogen) atoms. The topological polar surface area (TPSA) is 85.2 Å². The van der Waals surface area contributed by atoms with Crippen molar-refractivity contribution in [3.05, 3.63) is 84.2 Å². The Morgan fingerprint density at radius 3 is 2.44 bits per heavy atom. The monoisotopic (exact) mass is 480 g/mol. The Balaban J connectivity index is 1.38. The SMILES string of the molecule is CC[C@H]1CN(c2nnc(-c3ccc(F)cc3)c3ccccc23)CCN1C(=O)Nc1ccc(C#N)cc1. The van der Waals surface area contributed by atoms with Gasteiger partial charge >= 0.3 is 6.03 Å². The van der Waals surface area contributed by atoms with Gasteiger partial charge in [0.15, 0.2) is 5.82 Å². The van der Waals surface area contributed by atoms with Crippen molar-refractivity contribution in [2.24, 2.45) is 0 Å². The minimum Gasteiger partial charge on any atom is -0.351 e. The highest BCUT2D eigenvalue weighted by atomic mass is 19.1. The van der Waals surface area contributed by atoms with E-state index in [0.29, 0.717) is 36.6 Å². The van der Waals surface area contributed by atoms with Gasteiger partial charge in [-0.05, 0) is 55.0 Å². The van der Waals surface area contributed by atoms with Gasteiger partial charge < -0.3 is 15.1 Å². The van der Waals surface area contributed by atoms with Crippen molar-refractivity contribution in [3.63, 3.8) is 0 Å². The van der Waals surface area contributed by atoms with E-state index in [1.807, 2.05) is 29.2 Å². The summed E-state index contributed by atoms with van der Waals surface area (Å²) in [4.78, 5) is 17.1. The Kier molecular flexibility index (Phi) is 6.46. The molecule has 2 heterocycles. The van der Waals surface area contributed by atoms with Crippen molar-refractivity contribution in [1.82, 2.24) is 15.1 Å². The Bertz CT molecular complexity index is 1430. The molecule has 5 rings (SSSR count). The van der Waals surface area contributed by atoms with Crippen LogP contribution in [0.15, 0.2) is 72.8 Å². The number of urea groups is 1. The summed E-state index contributed by atoms with van der Waals surface area (Å²) in [7, 11) is 0. The lowest BCUT2D eigenvalue weighted by Gasteiger charge is -2.41. The van der Waals surface area contributed by atoms with Crippen molar-refractivity contribution in [1.29, 1.82) is 5.26 Å². The molecular weight excluding hydrogens is 455 g/mol. The van der Waals surface area contributed by atoms with Gasteiger partial charge in [-0.15, -0.1) is 10.2 Å². The molecule has 0 radical (unpaired) electrons. The summed E-state index contributed by atoms with van der Waals surface area (Å²) in [5.74, 6) is 0.487. The van der Waals surface area contributed by atoms with Crippen molar-refractivity contribution < 1.29 is 9.18 Å². The maximum atomic E-state index is 13.4. The number of halogens is 1. The fourth-order valence-corrected chi connectivity index (χ4v) is 4.63. The lowest BCUT2D eigenvalue weighted by atomic mass is 10.0. The Morgan fingerprint density at radius 2 is 1.75 bits per heavy atom. The standard InChI is InChI=1S/C28H25FN6O/c1-2-23-18-34(15-16-35(23)28(36)31-22-13-7-19(17-30)8-14-22)27-25-6-4-3-5-24(25)26(32-33-27)20-9-11-21(29)12-10-20/h3-14,23H,2,15-16,18H2,1H3,(H,31,36)/t23-/m0/s1. The third kappa shape index (κ3) is 4.56. The largest absolute Gasteiger partial charge is 0.351 e. The lowest BCUT2D eigenvalue weighted by Crippen LogP contribution is -2.56.